The Hall–Kier alpha value is -7.26. The highest BCUT2D eigenvalue weighted by Crippen LogP contribution is 2.65. The van der Waals surface area contributed by atoms with Crippen LogP contribution in [0.25, 0.3) is 64.3 Å². The van der Waals surface area contributed by atoms with Crippen LogP contribution in [-0.2, 0) is 5.41 Å². The summed E-state index contributed by atoms with van der Waals surface area (Å²) in [6, 6.07) is 77.0. The Bertz CT molecular complexity index is 3410. The van der Waals surface area contributed by atoms with E-state index in [0.717, 1.165) is 12.1 Å². The monoisotopic (exact) mass is 793 g/mol. The van der Waals surface area contributed by atoms with Gasteiger partial charge in [0, 0.05) is 43.0 Å². The molecule has 1 spiro atoms. The van der Waals surface area contributed by atoms with Crippen molar-refractivity contribution in [1.29, 1.82) is 0 Å². The molecular weight excluding hydrogens is 755 g/mol. The molecule has 10 aromatic rings. The van der Waals surface area contributed by atoms with E-state index >= 15 is 0 Å². The summed E-state index contributed by atoms with van der Waals surface area (Å²) in [5.41, 5.74) is 18.0. The van der Waals surface area contributed by atoms with Gasteiger partial charge in [-0.1, -0.05) is 176 Å². The van der Waals surface area contributed by atoms with Crippen molar-refractivity contribution in [2.24, 2.45) is 0 Å². The van der Waals surface area contributed by atoms with Crippen LogP contribution in [0.3, 0.4) is 0 Å². The molecule has 0 fully saturated rings. The van der Waals surface area contributed by atoms with Gasteiger partial charge in [0.1, 0.15) is 0 Å². The summed E-state index contributed by atoms with van der Waals surface area (Å²) in [6.07, 6.45) is 5.81. The van der Waals surface area contributed by atoms with Gasteiger partial charge in [0.05, 0.1) is 11.1 Å². The van der Waals surface area contributed by atoms with Crippen molar-refractivity contribution in [3.05, 3.63) is 252 Å². The molecule has 0 bridgehead atoms. The number of hydrogen-bond acceptors (Lipinski definition) is 2. The highest BCUT2D eigenvalue weighted by atomic mass is 32.1. The molecule has 1 unspecified atom stereocenters. The Morgan fingerprint density at radius 2 is 1.10 bits per heavy atom. The Morgan fingerprint density at radius 1 is 0.459 bits per heavy atom. The molecule has 1 heterocycles. The van der Waals surface area contributed by atoms with Gasteiger partial charge in [-0.15, -0.1) is 11.3 Å². The topological polar surface area (TPSA) is 3.24 Å². The molecule has 2 heteroatoms. The Kier molecular flexibility index (Phi) is 7.58. The molecule has 3 aliphatic rings. The minimum Gasteiger partial charge on any atom is -0.314 e. The smallest absolute Gasteiger partial charge is 0.0685 e. The Morgan fingerprint density at radius 3 is 1.90 bits per heavy atom. The van der Waals surface area contributed by atoms with Crippen LogP contribution in [0.5, 0.6) is 0 Å². The van der Waals surface area contributed by atoms with Crippen LogP contribution in [0.2, 0.25) is 0 Å². The van der Waals surface area contributed by atoms with Crippen molar-refractivity contribution >= 4 is 53.7 Å². The predicted octanol–water partition coefficient (Wildman–Crippen LogP) is 16.0. The van der Waals surface area contributed by atoms with Crippen molar-refractivity contribution in [1.82, 2.24) is 0 Å². The van der Waals surface area contributed by atoms with E-state index < -0.39 is 0 Å². The number of thiophene rings is 1. The van der Waals surface area contributed by atoms with Gasteiger partial charge in [0.15, 0.2) is 0 Å². The van der Waals surface area contributed by atoms with Gasteiger partial charge in [-0.05, 0) is 115 Å². The quantitative estimate of drug-likeness (QED) is 0.168. The zero-order chi connectivity index (χ0) is 40.1. The summed E-state index contributed by atoms with van der Waals surface area (Å²) >= 11 is 1.87. The molecule has 1 nitrogen and oxygen atoms in total. The van der Waals surface area contributed by atoms with Crippen LogP contribution >= 0.6 is 11.3 Å². The summed E-state index contributed by atoms with van der Waals surface area (Å²) in [7, 11) is 0. The zero-order valence-corrected chi connectivity index (χ0v) is 34.2. The first kappa shape index (κ1) is 34.6. The molecule has 3 aliphatic carbocycles. The zero-order valence-electron chi connectivity index (χ0n) is 33.4. The second-order valence-corrected chi connectivity index (χ2v) is 17.8. The molecule has 0 amide bonds. The van der Waals surface area contributed by atoms with Crippen LogP contribution < -0.4 is 4.90 Å². The van der Waals surface area contributed by atoms with Crippen molar-refractivity contribution in [3.8, 4) is 33.4 Å². The minimum atomic E-state index is -0.323. The van der Waals surface area contributed by atoms with E-state index in [1.165, 1.54) is 104 Å². The third-order valence-electron chi connectivity index (χ3n) is 13.7. The van der Waals surface area contributed by atoms with Crippen molar-refractivity contribution in [2.75, 3.05) is 4.90 Å². The van der Waals surface area contributed by atoms with Crippen molar-refractivity contribution < 1.29 is 0 Å². The first-order valence-electron chi connectivity index (χ1n) is 21.3. The van der Waals surface area contributed by atoms with E-state index in [1.54, 1.807) is 0 Å². The van der Waals surface area contributed by atoms with Gasteiger partial charge in [0.25, 0.3) is 0 Å². The molecule has 286 valence electrons. The molecule has 9 aromatic carbocycles. The van der Waals surface area contributed by atoms with Crippen LogP contribution in [0.4, 0.5) is 11.4 Å². The third-order valence-corrected chi connectivity index (χ3v) is 14.9. The highest BCUT2D eigenvalue weighted by Gasteiger charge is 2.55. The molecule has 0 aliphatic heterocycles. The first-order valence-corrected chi connectivity index (χ1v) is 22.2. The molecule has 1 atom stereocenters. The second-order valence-electron chi connectivity index (χ2n) is 16.7. The fourth-order valence-electron chi connectivity index (χ4n) is 11.2. The number of nitrogens with zero attached hydrogens (tertiary/aromatic N) is 1. The van der Waals surface area contributed by atoms with E-state index in [4.69, 9.17) is 0 Å². The highest BCUT2D eigenvalue weighted by molar-refractivity contribution is 7.25. The average molecular weight is 794 g/mol. The lowest BCUT2D eigenvalue weighted by Gasteiger charge is -2.36. The molecule has 0 radical (unpaired) electrons. The lowest BCUT2D eigenvalue weighted by Crippen LogP contribution is -2.28. The fraction of sp³-hybridized carbons (Fsp3) is 0.0508. The number of benzene rings is 9. The van der Waals surface area contributed by atoms with Gasteiger partial charge in [-0.2, -0.15) is 0 Å². The molecule has 0 saturated heterocycles. The fourth-order valence-corrected chi connectivity index (χ4v) is 12.3. The largest absolute Gasteiger partial charge is 0.314 e. The lowest BCUT2D eigenvalue weighted by molar-refractivity contribution is 0.688. The van der Waals surface area contributed by atoms with E-state index in [-0.39, 0.29) is 11.3 Å². The number of anilines is 2. The van der Waals surface area contributed by atoms with Crippen LogP contribution in [0.1, 0.15) is 34.6 Å². The third kappa shape index (κ3) is 5.00. The van der Waals surface area contributed by atoms with Crippen molar-refractivity contribution in [3.63, 3.8) is 0 Å². The number of rotatable bonds is 5. The number of fused-ring (bicyclic) bond motifs is 14. The summed E-state index contributed by atoms with van der Waals surface area (Å²) < 4.78 is 2.66. The summed E-state index contributed by atoms with van der Waals surface area (Å²) in [5, 5.41) is 5.14. The van der Waals surface area contributed by atoms with Crippen LogP contribution in [0, 0.1) is 0 Å². The van der Waals surface area contributed by atoms with Gasteiger partial charge in [-0.3, -0.25) is 0 Å². The van der Waals surface area contributed by atoms with E-state index in [1.807, 2.05) is 11.3 Å². The number of allylic oxidation sites excluding steroid dienone is 4. The predicted molar refractivity (Wildman–Crippen MR) is 258 cm³/mol. The Balaban J connectivity index is 1.02. The molecule has 13 rings (SSSR count). The van der Waals surface area contributed by atoms with Gasteiger partial charge >= 0.3 is 0 Å². The Labute approximate surface area is 359 Å². The molecule has 0 N–H and O–H groups in total. The van der Waals surface area contributed by atoms with E-state index in [2.05, 4.69) is 223 Å². The van der Waals surface area contributed by atoms with Gasteiger partial charge in [-0.25, -0.2) is 0 Å². The van der Waals surface area contributed by atoms with Crippen molar-refractivity contribution in [2.45, 2.75) is 17.8 Å². The maximum absolute atomic E-state index is 2.56. The van der Waals surface area contributed by atoms with Gasteiger partial charge in [0.2, 0.25) is 0 Å². The van der Waals surface area contributed by atoms with E-state index in [0.29, 0.717) is 0 Å². The molecular formula is C59H39NS. The standard InChI is InChI=1S/C59H39NS/c1-2-15-40(16-3-1)58-44-17-5-4-14-39(44)28-34-55(58)60(42-30-26-38(27-31-42)41-29-35-57-50(36-41)48-21-9-13-25-56(48)61-57)43-32-33-54-49(37-43)47-20-8-12-24-53(47)59(54)51-22-10-6-18-45(51)46-19-7-11-23-52(46)59/h1-36,49H,37H2. The molecule has 0 saturated carbocycles. The average Bonchev–Trinajstić information content (AvgIpc) is 3.96. The van der Waals surface area contributed by atoms with Crippen LogP contribution in [-0.4, -0.2) is 0 Å². The van der Waals surface area contributed by atoms with E-state index in [9.17, 15) is 0 Å². The summed E-state index contributed by atoms with van der Waals surface area (Å²) in [6.45, 7) is 0. The second kappa shape index (κ2) is 13.4. The maximum Gasteiger partial charge on any atom is 0.0685 e. The summed E-state index contributed by atoms with van der Waals surface area (Å²) in [5.74, 6) is 0.213. The first-order chi connectivity index (χ1) is 30.3. The molecule has 61 heavy (non-hydrogen) atoms. The summed E-state index contributed by atoms with van der Waals surface area (Å²) in [4.78, 5) is 2.56. The number of hydrogen-bond donors (Lipinski definition) is 0. The maximum atomic E-state index is 2.56. The van der Waals surface area contributed by atoms with Gasteiger partial charge < -0.3 is 4.90 Å². The lowest BCUT2D eigenvalue weighted by atomic mass is 9.68. The minimum absolute atomic E-state index is 0.213. The van der Waals surface area contributed by atoms with Crippen LogP contribution in [0.15, 0.2) is 230 Å². The normalized spacial score (nSPS) is 15.6. The SMILES string of the molecule is C1=C(N(c2ccc(-c3ccc4sc5ccccc5c4c3)cc2)c2ccc3ccccc3c2-c2ccccc2)CC2C(=C1)C1(c3ccccc3-c3ccccc31)c1ccccc12. The molecule has 1 aromatic heterocycles.